The Hall–Kier alpha value is -1.96. The molecule has 0 aromatic carbocycles. The highest BCUT2D eigenvalue weighted by Gasteiger charge is 2.25. The molecular weight excluding hydrogens is 358 g/mol. The van der Waals surface area contributed by atoms with Gasteiger partial charge in [-0.2, -0.15) is 10.2 Å². The van der Waals surface area contributed by atoms with Crippen molar-refractivity contribution in [2.45, 2.75) is 20.3 Å². The van der Waals surface area contributed by atoms with Crippen LogP contribution in [0.1, 0.15) is 20.3 Å². The first kappa shape index (κ1) is 15.9. The van der Waals surface area contributed by atoms with Gasteiger partial charge >= 0.3 is 0 Å². The van der Waals surface area contributed by atoms with Gasteiger partial charge in [0.15, 0.2) is 5.65 Å². The normalized spacial score (nSPS) is 13.7. The molecule has 0 aliphatic carbocycles. The minimum Gasteiger partial charge on any atom is -0.356 e. The molecule has 3 aromatic rings. The zero-order valence-corrected chi connectivity index (χ0v) is 15.4. The van der Waals surface area contributed by atoms with Crippen molar-refractivity contribution in [1.29, 1.82) is 0 Å². The first-order valence-corrected chi connectivity index (χ1v) is 8.56. The van der Waals surface area contributed by atoms with Gasteiger partial charge in [-0.25, -0.2) is 14.6 Å². The highest BCUT2D eigenvalue weighted by molar-refractivity contribution is 9.10. The molecule has 1 saturated heterocycles. The van der Waals surface area contributed by atoms with Crippen molar-refractivity contribution in [3.05, 3.63) is 17.1 Å². The summed E-state index contributed by atoms with van der Waals surface area (Å²) in [6.45, 7) is 6.07. The third-order valence-electron chi connectivity index (χ3n) is 3.88. The monoisotopic (exact) mass is 377 g/mol. The highest BCUT2D eigenvalue weighted by atomic mass is 79.9. The van der Waals surface area contributed by atoms with Gasteiger partial charge in [-0.1, -0.05) is 13.8 Å². The summed E-state index contributed by atoms with van der Waals surface area (Å²) in [7, 11) is 3.80. The molecule has 4 rings (SSSR count). The smallest absolute Gasteiger partial charge is 0.163 e. The largest absolute Gasteiger partial charge is 0.356 e. The maximum Gasteiger partial charge on any atom is 0.163 e. The number of aryl methyl sites for hydroxylation is 2. The fraction of sp³-hybridized carbons (Fsp3) is 0.467. The lowest BCUT2D eigenvalue weighted by Crippen LogP contribution is -2.37. The van der Waals surface area contributed by atoms with Crippen LogP contribution in [0.2, 0.25) is 0 Å². The van der Waals surface area contributed by atoms with Crippen LogP contribution in [-0.4, -0.2) is 42.6 Å². The number of halogens is 1. The second kappa shape index (κ2) is 6.27. The summed E-state index contributed by atoms with van der Waals surface area (Å²) in [4.78, 5) is 11.1. The fourth-order valence-electron chi connectivity index (χ4n) is 2.61. The van der Waals surface area contributed by atoms with Gasteiger partial charge in [0.1, 0.15) is 22.4 Å². The SMILES string of the molecule is CC.Cn1ncc(-c2nn(C)c3ncnc(N4CCC4)c23)c1Br. The van der Waals surface area contributed by atoms with E-state index in [2.05, 4.69) is 41.0 Å². The minimum absolute atomic E-state index is 0.845. The van der Waals surface area contributed by atoms with E-state index in [4.69, 9.17) is 0 Å². The Morgan fingerprint density at radius 3 is 2.39 bits per heavy atom. The third-order valence-corrected chi connectivity index (χ3v) is 4.82. The Labute approximate surface area is 143 Å². The standard InChI is InChI=1S/C13H14BrN7.C2H6/c1-19-11(14)8(6-17-19)10-9-12(20(2)18-10)15-7-16-13(9)21-4-3-5-21;1-2/h6-7H,3-5H2,1-2H3;1-2H3. The van der Waals surface area contributed by atoms with Gasteiger partial charge in [0.25, 0.3) is 0 Å². The van der Waals surface area contributed by atoms with Gasteiger partial charge in [0.2, 0.25) is 0 Å². The van der Waals surface area contributed by atoms with Crippen LogP contribution in [0.4, 0.5) is 5.82 Å². The Kier molecular flexibility index (Phi) is 4.34. The van der Waals surface area contributed by atoms with Crippen molar-refractivity contribution in [2.75, 3.05) is 18.0 Å². The second-order valence-corrected chi connectivity index (χ2v) is 5.93. The van der Waals surface area contributed by atoms with Crippen LogP contribution in [0, 0.1) is 0 Å². The molecular formula is C15H20BrN7. The Balaban J connectivity index is 0.000000753. The van der Waals surface area contributed by atoms with Gasteiger partial charge in [-0.15, -0.1) is 0 Å². The van der Waals surface area contributed by atoms with Gasteiger partial charge in [0, 0.05) is 27.2 Å². The van der Waals surface area contributed by atoms with Gasteiger partial charge < -0.3 is 4.90 Å². The van der Waals surface area contributed by atoms with Crippen LogP contribution in [0.5, 0.6) is 0 Å². The Bertz CT molecular complexity index is 832. The lowest BCUT2D eigenvalue weighted by molar-refractivity contribution is 0.611. The molecule has 7 nitrogen and oxygen atoms in total. The summed E-state index contributed by atoms with van der Waals surface area (Å²) in [6.07, 6.45) is 4.64. The van der Waals surface area contributed by atoms with Crippen molar-refractivity contribution in [3.63, 3.8) is 0 Å². The van der Waals surface area contributed by atoms with E-state index in [0.717, 1.165) is 45.8 Å². The predicted molar refractivity (Wildman–Crippen MR) is 94.4 cm³/mol. The van der Waals surface area contributed by atoms with Crippen LogP contribution >= 0.6 is 15.9 Å². The van der Waals surface area contributed by atoms with Crippen LogP contribution in [-0.2, 0) is 14.1 Å². The predicted octanol–water partition coefficient (Wildman–Crippen LogP) is 2.76. The first-order chi connectivity index (χ1) is 11.2. The molecule has 1 aliphatic rings. The number of aromatic nitrogens is 6. The van der Waals surface area contributed by atoms with Crippen LogP contribution < -0.4 is 4.90 Å². The van der Waals surface area contributed by atoms with Crippen molar-refractivity contribution < 1.29 is 0 Å². The molecule has 0 atom stereocenters. The molecule has 1 aliphatic heterocycles. The lowest BCUT2D eigenvalue weighted by Gasteiger charge is -2.32. The first-order valence-electron chi connectivity index (χ1n) is 7.77. The molecule has 122 valence electrons. The molecule has 0 unspecified atom stereocenters. The molecule has 0 bridgehead atoms. The highest BCUT2D eigenvalue weighted by Crippen LogP contribution is 2.36. The minimum atomic E-state index is 0.845. The average Bonchev–Trinajstić information content (AvgIpc) is 3.02. The van der Waals surface area contributed by atoms with Crippen LogP contribution in [0.25, 0.3) is 22.3 Å². The zero-order valence-electron chi connectivity index (χ0n) is 13.8. The quantitative estimate of drug-likeness (QED) is 0.686. The van der Waals surface area contributed by atoms with Gasteiger partial charge in [-0.05, 0) is 22.4 Å². The van der Waals surface area contributed by atoms with Crippen molar-refractivity contribution in [2.24, 2.45) is 14.1 Å². The van der Waals surface area contributed by atoms with E-state index in [1.165, 1.54) is 6.42 Å². The van der Waals surface area contributed by atoms with Crippen molar-refractivity contribution in [3.8, 4) is 11.3 Å². The Morgan fingerprint density at radius 2 is 1.83 bits per heavy atom. The van der Waals surface area contributed by atoms with E-state index in [1.807, 2.05) is 34.1 Å². The zero-order chi connectivity index (χ0) is 16.6. The van der Waals surface area contributed by atoms with Crippen molar-refractivity contribution in [1.82, 2.24) is 29.5 Å². The van der Waals surface area contributed by atoms with Gasteiger partial charge in [0.05, 0.1) is 17.1 Å². The lowest BCUT2D eigenvalue weighted by atomic mass is 10.1. The molecule has 8 heteroatoms. The number of nitrogens with zero attached hydrogens (tertiary/aromatic N) is 7. The van der Waals surface area contributed by atoms with E-state index in [9.17, 15) is 0 Å². The molecule has 1 fully saturated rings. The van der Waals surface area contributed by atoms with E-state index in [-0.39, 0.29) is 0 Å². The topological polar surface area (TPSA) is 64.7 Å². The molecule has 0 amide bonds. The molecule has 0 N–H and O–H groups in total. The third kappa shape index (κ3) is 2.50. The van der Waals surface area contributed by atoms with E-state index in [1.54, 1.807) is 15.7 Å². The molecule has 0 spiro atoms. The Morgan fingerprint density at radius 1 is 1.09 bits per heavy atom. The molecule has 23 heavy (non-hydrogen) atoms. The number of fused-ring (bicyclic) bond motifs is 1. The molecule has 0 saturated carbocycles. The van der Waals surface area contributed by atoms with Crippen LogP contribution in [0.3, 0.4) is 0 Å². The number of rotatable bonds is 2. The fourth-order valence-corrected chi connectivity index (χ4v) is 2.99. The van der Waals surface area contributed by atoms with E-state index < -0.39 is 0 Å². The number of anilines is 1. The van der Waals surface area contributed by atoms with E-state index >= 15 is 0 Å². The van der Waals surface area contributed by atoms with E-state index in [0.29, 0.717) is 0 Å². The van der Waals surface area contributed by atoms with Crippen molar-refractivity contribution >= 4 is 32.8 Å². The van der Waals surface area contributed by atoms with Gasteiger partial charge in [-0.3, -0.25) is 4.68 Å². The summed E-state index contributed by atoms with van der Waals surface area (Å²) in [5.41, 5.74) is 2.67. The second-order valence-electron chi connectivity index (χ2n) is 5.18. The van der Waals surface area contributed by atoms with Crippen LogP contribution in [0.15, 0.2) is 17.1 Å². The maximum absolute atomic E-state index is 4.64. The molecule has 0 radical (unpaired) electrons. The summed E-state index contributed by atoms with van der Waals surface area (Å²) in [6, 6.07) is 0. The summed E-state index contributed by atoms with van der Waals surface area (Å²) < 4.78 is 4.48. The maximum atomic E-state index is 4.64. The summed E-state index contributed by atoms with van der Waals surface area (Å²) >= 11 is 3.57. The molecule has 3 aromatic heterocycles. The summed E-state index contributed by atoms with van der Waals surface area (Å²) in [5, 5.41) is 9.92. The summed E-state index contributed by atoms with van der Waals surface area (Å²) in [5.74, 6) is 0.963. The number of hydrogen-bond acceptors (Lipinski definition) is 5. The average molecular weight is 378 g/mol. The molecule has 4 heterocycles. The number of hydrogen-bond donors (Lipinski definition) is 0.